The van der Waals surface area contributed by atoms with Crippen molar-refractivity contribution < 1.29 is 4.74 Å². The van der Waals surface area contributed by atoms with E-state index in [0.717, 1.165) is 18.7 Å². The van der Waals surface area contributed by atoms with Crippen LogP contribution in [0.1, 0.15) is 60.5 Å². The predicted octanol–water partition coefficient (Wildman–Crippen LogP) is 4.78. The molecule has 1 aromatic carbocycles. The molecule has 0 bridgehead atoms. The molecule has 2 heteroatoms. The van der Waals surface area contributed by atoms with Gasteiger partial charge in [0.25, 0.3) is 0 Å². The maximum Gasteiger partial charge on any atom is 0.119 e. The summed E-state index contributed by atoms with van der Waals surface area (Å²) < 4.78 is 6.17. The summed E-state index contributed by atoms with van der Waals surface area (Å²) in [7, 11) is 0. The highest BCUT2D eigenvalue weighted by molar-refractivity contribution is 5.31. The Hall–Kier alpha value is -1.02. The van der Waals surface area contributed by atoms with E-state index in [4.69, 9.17) is 4.74 Å². The summed E-state index contributed by atoms with van der Waals surface area (Å²) in [5.74, 6) is 1.46. The minimum absolute atomic E-state index is 0.206. The van der Waals surface area contributed by atoms with E-state index in [2.05, 4.69) is 78.0 Å². The number of hydrogen-bond acceptors (Lipinski definition) is 2. The third kappa shape index (κ3) is 5.70. The van der Waals surface area contributed by atoms with Crippen molar-refractivity contribution >= 4 is 0 Å². The van der Waals surface area contributed by atoms with E-state index in [1.807, 2.05) is 0 Å². The summed E-state index contributed by atoms with van der Waals surface area (Å²) in [4.78, 5) is 0. The maximum atomic E-state index is 6.17. The van der Waals surface area contributed by atoms with Crippen LogP contribution in [0.4, 0.5) is 0 Å². The second-order valence-electron chi connectivity index (χ2n) is 7.23. The summed E-state index contributed by atoms with van der Waals surface area (Å²) in [6, 6.07) is 9.11. The first-order valence-electron chi connectivity index (χ1n) is 8.27. The van der Waals surface area contributed by atoms with E-state index >= 15 is 0 Å². The number of nitrogens with one attached hydrogen (secondary N) is 1. The fourth-order valence-electron chi connectivity index (χ4n) is 2.13. The Morgan fingerprint density at radius 3 is 2.05 bits per heavy atom. The monoisotopic (exact) mass is 291 g/mol. The average molecular weight is 291 g/mol. The number of ether oxygens (including phenoxy) is 1. The molecule has 0 heterocycles. The van der Waals surface area contributed by atoms with Crippen molar-refractivity contribution in [3.8, 4) is 5.75 Å². The normalized spacial score (nSPS) is 13.8. The van der Waals surface area contributed by atoms with E-state index in [1.165, 1.54) is 5.56 Å². The number of rotatable bonds is 8. The zero-order valence-corrected chi connectivity index (χ0v) is 14.9. The summed E-state index contributed by atoms with van der Waals surface area (Å²) in [5, 5.41) is 3.47. The third-order valence-electron chi connectivity index (χ3n) is 4.28. The van der Waals surface area contributed by atoms with Crippen LogP contribution < -0.4 is 10.1 Å². The van der Waals surface area contributed by atoms with E-state index < -0.39 is 0 Å². The van der Waals surface area contributed by atoms with Gasteiger partial charge in [-0.25, -0.2) is 0 Å². The molecule has 21 heavy (non-hydrogen) atoms. The van der Waals surface area contributed by atoms with Gasteiger partial charge in [0.2, 0.25) is 0 Å². The van der Waals surface area contributed by atoms with Crippen molar-refractivity contribution in [3.05, 3.63) is 29.8 Å². The zero-order valence-electron chi connectivity index (χ0n) is 14.9. The van der Waals surface area contributed by atoms with Gasteiger partial charge in [-0.05, 0) is 35.4 Å². The lowest BCUT2D eigenvalue weighted by molar-refractivity contribution is 0.146. The molecule has 0 fully saturated rings. The zero-order chi connectivity index (χ0) is 16.0. The molecule has 0 amide bonds. The molecule has 0 spiro atoms. The van der Waals surface area contributed by atoms with Gasteiger partial charge in [-0.1, -0.05) is 60.6 Å². The molecule has 0 radical (unpaired) electrons. The lowest BCUT2D eigenvalue weighted by Gasteiger charge is -2.26. The van der Waals surface area contributed by atoms with Gasteiger partial charge in [-0.2, -0.15) is 0 Å². The molecule has 0 aliphatic rings. The minimum Gasteiger partial charge on any atom is -0.489 e. The molecule has 1 aromatic rings. The molecule has 0 aliphatic carbocycles. The number of hydrogen-bond donors (Lipinski definition) is 1. The molecule has 0 saturated heterocycles. The Morgan fingerprint density at radius 2 is 1.62 bits per heavy atom. The Bertz CT molecular complexity index is 406. The van der Waals surface area contributed by atoms with Crippen LogP contribution in [0, 0.1) is 5.92 Å². The van der Waals surface area contributed by atoms with Gasteiger partial charge in [0.05, 0.1) is 0 Å². The van der Waals surface area contributed by atoms with E-state index in [9.17, 15) is 0 Å². The topological polar surface area (TPSA) is 21.3 Å². The Balaban J connectivity index is 2.72. The Kier molecular flexibility index (Phi) is 6.73. The van der Waals surface area contributed by atoms with Crippen molar-refractivity contribution in [2.24, 2.45) is 5.92 Å². The lowest BCUT2D eigenvalue weighted by atomic mass is 9.82. The van der Waals surface area contributed by atoms with Gasteiger partial charge < -0.3 is 10.1 Å². The van der Waals surface area contributed by atoms with Crippen molar-refractivity contribution in [3.63, 3.8) is 0 Å². The molecule has 1 rings (SSSR count). The van der Waals surface area contributed by atoms with Crippen LogP contribution in [0.2, 0.25) is 0 Å². The first-order valence-corrected chi connectivity index (χ1v) is 8.27. The second kappa shape index (κ2) is 7.84. The third-order valence-corrected chi connectivity index (χ3v) is 4.28. The van der Waals surface area contributed by atoms with Crippen molar-refractivity contribution in [2.45, 2.75) is 72.4 Å². The summed E-state index contributed by atoms with van der Waals surface area (Å²) in [6.45, 7) is 16.4. The molecule has 1 unspecified atom stereocenters. The molecule has 0 aliphatic heterocycles. The predicted molar refractivity (Wildman–Crippen MR) is 92.2 cm³/mol. The molecule has 0 aromatic heterocycles. The summed E-state index contributed by atoms with van der Waals surface area (Å²) in [6.07, 6.45) is 1.34. The van der Waals surface area contributed by atoms with Crippen molar-refractivity contribution in [1.29, 1.82) is 0 Å². The first kappa shape index (κ1) is 18.0. The fraction of sp³-hybridized carbons (Fsp3) is 0.684. The van der Waals surface area contributed by atoms with Crippen molar-refractivity contribution in [2.75, 3.05) is 6.54 Å². The van der Waals surface area contributed by atoms with Crippen LogP contribution in [0.3, 0.4) is 0 Å². The van der Waals surface area contributed by atoms with Gasteiger partial charge in [0, 0.05) is 12.6 Å². The van der Waals surface area contributed by atoms with E-state index in [-0.39, 0.29) is 11.5 Å². The van der Waals surface area contributed by atoms with Gasteiger partial charge in [-0.3, -0.25) is 0 Å². The highest BCUT2D eigenvalue weighted by atomic mass is 16.5. The van der Waals surface area contributed by atoms with Crippen molar-refractivity contribution in [1.82, 2.24) is 5.32 Å². The number of benzene rings is 1. The molecular weight excluding hydrogens is 258 g/mol. The van der Waals surface area contributed by atoms with Crippen LogP contribution >= 0.6 is 0 Å². The quantitative estimate of drug-likeness (QED) is 0.744. The van der Waals surface area contributed by atoms with Gasteiger partial charge in [0.1, 0.15) is 11.9 Å². The smallest absolute Gasteiger partial charge is 0.119 e. The molecule has 1 N–H and O–H groups in total. The SMILES string of the molecule is CCC(C)(C)c1ccc(OC(CNC(C)C)C(C)C)cc1. The summed E-state index contributed by atoms with van der Waals surface area (Å²) >= 11 is 0. The second-order valence-corrected chi connectivity index (χ2v) is 7.23. The molecular formula is C19H33NO. The largest absolute Gasteiger partial charge is 0.489 e. The van der Waals surface area contributed by atoms with Crippen LogP contribution in [0.15, 0.2) is 24.3 Å². The molecule has 0 saturated carbocycles. The highest BCUT2D eigenvalue weighted by Gasteiger charge is 2.19. The van der Waals surface area contributed by atoms with Crippen LogP contribution in [-0.4, -0.2) is 18.7 Å². The Labute approximate surface area is 131 Å². The van der Waals surface area contributed by atoms with Gasteiger partial charge in [-0.15, -0.1) is 0 Å². The molecule has 120 valence electrons. The van der Waals surface area contributed by atoms with Gasteiger partial charge in [0.15, 0.2) is 0 Å². The standard InChI is InChI=1S/C19H33NO/c1-8-19(6,7)16-9-11-17(12-10-16)21-18(14(2)3)13-20-15(4)5/h9-12,14-15,18,20H,8,13H2,1-7H3. The minimum atomic E-state index is 0.206. The highest BCUT2D eigenvalue weighted by Crippen LogP contribution is 2.28. The van der Waals surface area contributed by atoms with Crippen LogP contribution in [0.5, 0.6) is 5.75 Å². The molecule has 2 nitrogen and oxygen atoms in total. The average Bonchev–Trinajstić information content (AvgIpc) is 2.43. The van der Waals surface area contributed by atoms with Gasteiger partial charge >= 0.3 is 0 Å². The van der Waals surface area contributed by atoms with E-state index in [0.29, 0.717) is 12.0 Å². The lowest BCUT2D eigenvalue weighted by Crippen LogP contribution is -2.38. The maximum absolute atomic E-state index is 6.17. The van der Waals surface area contributed by atoms with Crippen LogP contribution in [-0.2, 0) is 5.41 Å². The Morgan fingerprint density at radius 1 is 1.05 bits per heavy atom. The fourth-order valence-corrected chi connectivity index (χ4v) is 2.13. The molecule has 1 atom stereocenters. The summed E-state index contributed by atoms with van der Waals surface area (Å²) in [5.41, 5.74) is 1.61. The van der Waals surface area contributed by atoms with Crippen LogP contribution in [0.25, 0.3) is 0 Å². The van der Waals surface area contributed by atoms with E-state index in [1.54, 1.807) is 0 Å². The first-order chi connectivity index (χ1) is 9.76.